The fourth-order valence-electron chi connectivity index (χ4n) is 1.24. The van der Waals surface area contributed by atoms with Crippen molar-refractivity contribution in [2.45, 2.75) is 32.4 Å². The van der Waals surface area contributed by atoms with E-state index >= 15 is 0 Å². The van der Waals surface area contributed by atoms with Crippen LogP contribution < -0.4 is 0 Å². The third kappa shape index (κ3) is 4.43. The third-order valence-corrected chi connectivity index (χ3v) is 3.08. The molecule has 0 saturated heterocycles. The molecule has 0 fully saturated rings. The van der Waals surface area contributed by atoms with Gasteiger partial charge in [-0.2, -0.15) is 0 Å². The molecule has 1 unspecified atom stereocenters. The van der Waals surface area contributed by atoms with Crippen molar-refractivity contribution in [1.82, 2.24) is 4.90 Å². The molecule has 0 bridgehead atoms. The predicted octanol–water partition coefficient (Wildman–Crippen LogP) is -0.240. The number of nitrogens with zero attached hydrogens (tertiary/aromatic N) is 1. The summed E-state index contributed by atoms with van der Waals surface area (Å²) in [6.07, 6.45) is -0.931. The van der Waals surface area contributed by atoms with Gasteiger partial charge in [-0.05, 0) is 20.8 Å². The van der Waals surface area contributed by atoms with Crippen LogP contribution >= 0.6 is 7.60 Å². The number of carboxylic acids is 2. The van der Waals surface area contributed by atoms with Crippen molar-refractivity contribution in [2.24, 2.45) is 0 Å². The Morgan fingerprint density at radius 2 is 1.71 bits per heavy atom. The fraction of sp³-hybridized carbons (Fsp3) is 0.750. The van der Waals surface area contributed by atoms with Crippen LogP contribution in [0.1, 0.15) is 20.8 Å². The highest BCUT2D eigenvalue weighted by Crippen LogP contribution is 2.38. The van der Waals surface area contributed by atoms with E-state index in [0.29, 0.717) is 0 Å². The predicted molar refractivity (Wildman–Crippen MR) is 57.6 cm³/mol. The molecule has 0 aromatic rings. The SMILES string of the molecule is CC(C(=O)O)N(CP(=O)(O)O)C(C)(C)C(=O)O. The Balaban J connectivity index is 5.33. The molecule has 0 aliphatic rings. The Morgan fingerprint density at radius 3 is 1.94 bits per heavy atom. The van der Waals surface area contributed by atoms with Crippen molar-refractivity contribution in [3.05, 3.63) is 0 Å². The second-order valence-corrected chi connectivity index (χ2v) is 5.77. The molecule has 17 heavy (non-hydrogen) atoms. The zero-order chi connectivity index (χ0) is 14.0. The van der Waals surface area contributed by atoms with Crippen LogP contribution in [-0.4, -0.2) is 54.7 Å². The van der Waals surface area contributed by atoms with Crippen LogP contribution in [0.4, 0.5) is 0 Å². The molecule has 9 heteroatoms. The first kappa shape index (κ1) is 16.1. The molecule has 1 atom stereocenters. The quantitative estimate of drug-likeness (QED) is 0.485. The molecule has 0 aromatic carbocycles. The van der Waals surface area contributed by atoms with Gasteiger partial charge in [-0.3, -0.25) is 19.1 Å². The summed E-state index contributed by atoms with van der Waals surface area (Å²) in [4.78, 5) is 40.2. The summed E-state index contributed by atoms with van der Waals surface area (Å²) in [7, 11) is -4.55. The van der Waals surface area contributed by atoms with E-state index in [-0.39, 0.29) is 0 Å². The zero-order valence-corrected chi connectivity index (χ0v) is 10.6. The number of aliphatic carboxylic acids is 2. The minimum Gasteiger partial charge on any atom is -0.480 e. The van der Waals surface area contributed by atoms with E-state index < -0.39 is 37.4 Å². The standard InChI is InChI=1S/C8H16NO7P/c1-5(6(10)11)9(4-17(14,15)16)8(2,3)7(12)13/h5H,4H2,1-3H3,(H,10,11)(H,12,13)(H2,14,15,16). The molecule has 0 radical (unpaired) electrons. The van der Waals surface area contributed by atoms with Crippen molar-refractivity contribution in [2.75, 3.05) is 6.29 Å². The first-order valence-electron chi connectivity index (χ1n) is 4.67. The van der Waals surface area contributed by atoms with Crippen LogP contribution in [0.25, 0.3) is 0 Å². The third-order valence-electron chi connectivity index (χ3n) is 2.40. The average molecular weight is 269 g/mol. The maximum atomic E-state index is 11.0. The van der Waals surface area contributed by atoms with Crippen LogP contribution in [-0.2, 0) is 14.2 Å². The van der Waals surface area contributed by atoms with Crippen LogP contribution in [0.5, 0.6) is 0 Å². The van der Waals surface area contributed by atoms with Gasteiger partial charge in [0.15, 0.2) is 0 Å². The molecular formula is C8H16NO7P. The normalized spacial score (nSPS) is 14.7. The molecular weight excluding hydrogens is 253 g/mol. The van der Waals surface area contributed by atoms with E-state index in [1.165, 1.54) is 20.8 Å². The van der Waals surface area contributed by atoms with E-state index in [1.807, 2.05) is 0 Å². The lowest BCUT2D eigenvalue weighted by Crippen LogP contribution is -2.56. The highest BCUT2D eigenvalue weighted by atomic mass is 31.2. The molecule has 0 aromatic heterocycles. The fourth-order valence-corrected chi connectivity index (χ4v) is 2.23. The van der Waals surface area contributed by atoms with Gasteiger partial charge in [-0.1, -0.05) is 0 Å². The van der Waals surface area contributed by atoms with Gasteiger partial charge >= 0.3 is 19.5 Å². The van der Waals surface area contributed by atoms with Gasteiger partial charge in [0.2, 0.25) is 0 Å². The van der Waals surface area contributed by atoms with Crippen molar-refractivity contribution < 1.29 is 34.2 Å². The molecule has 0 spiro atoms. The van der Waals surface area contributed by atoms with Gasteiger partial charge in [0.1, 0.15) is 17.9 Å². The summed E-state index contributed by atoms with van der Waals surface area (Å²) in [5, 5.41) is 17.8. The van der Waals surface area contributed by atoms with Gasteiger partial charge in [0.25, 0.3) is 0 Å². The highest BCUT2D eigenvalue weighted by Gasteiger charge is 2.42. The van der Waals surface area contributed by atoms with E-state index in [0.717, 1.165) is 4.90 Å². The van der Waals surface area contributed by atoms with Gasteiger partial charge in [-0.15, -0.1) is 0 Å². The minimum atomic E-state index is -4.55. The number of hydrogen-bond acceptors (Lipinski definition) is 4. The molecule has 0 aliphatic carbocycles. The first-order valence-corrected chi connectivity index (χ1v) is 6.47. The Bertz CT molecular complexity index is 361. The molecule has 8 nitrogen and oxygen atoms in total. The Kier molecular flexibility index (Phi) is 4.85. The van der Waals surface area contributed by atoms with E-state index in [4.69, 9.17) is 20.0 Å². The molecule has 4 N–H and O–H groups in total. The second-order valence-electron chi connectivity index (χ2n) is 4.15. The van der Waals surface area contributed by atoms with E-state index in [2.05, 4.69) is 0 Å². The summed E-state index contributed by atoms with van der Waals surface area (Å²) < 4.78 is 10.9. The van der Waals surface area contributed by atoms with E-state index in [9.17, 15) is 14.2 Å². The van der Waals surface area contributed by atoms with Crippen LogP contribution in [0.2, 0.25) is 0 Å². The lowest BCUT2D eigenvalue weighted by molar-refractivity contribution is -0.155. The van der Waals surface area contributed by atoms with Gasteiger partial charge in [0, 0.05) is 0 Å². The number of rotatable bonds is 6. The minimum absolute atomic E-state index is 0.748. The maximum absolute atomic E-state index is 11.0. The maximum Gasteiger partial charge on any atom is 0.339 e. The Labute approximate surface area is 98.0 Å². The molecule has 0 aliphatic heterocycles. The van der Waals surface area contributed by atoms with Crippen LogP contribution in [0.15, 0.2) is 0 Å². The summed E-state index contributed by atoms with van der Waals surface area (Å²) in [5.41, 5.74) is -1.70. The largest absolute Gasteiger partial charge is 0.480 e. The number of hydrogen-bond donors (Lipinski definition) is 4. The van der Waals surface area contributed by atoms with Gasteiger partial charge < -0.3 is 20.0 Å². The molecule has 0 rings (SSSR count). The monoisotopic (exact) mass is 269 g/mol. The molecule has 100 valence electrons. The second kappa shape index (κ2) is 5.14. The van der Waals surface area contributed by atoms with Gasteiger partial charge in [0.05, 0.1) is 0 Å². The summed E-state index contributed by atoms with van der Waals surface area (Å²) in [6.45, 7) is 3.54. The Hall–Kier alpha value is -0.950. The van der Waals surface area contributed by atoms with Crippen LogP contribution in [0.3, 0.4) is 0 Å². The highest BCUT2D eigenvalue weighted by molar-refractivity contribution is 7.51. The molecule has 0 saturated carbocycles. The lowest BCUT2D eigenvalue weighted by atomic mass is 10.0. The van der Waals surface area contributed by atoms with Crippen molar-refractivity contribution >= 4 is 19.5 Å². The molecule has 0 amide bonds. The van der Waals surface area contributed by atoms with Crippen molar-refractivity contribution in [3.8, 4) is 0 Å². The van der Waals surface area contributed by atoms with Crippen molar-refractivity contribution in [3.63, 3.8) is 0 Å². The van der Waals surface area contributed by atoms with Gasteiger partial charge in [-0.25, -0.2) is 0 Å². The summed E-state index contributed by atoms with van der Waals surface area (Å²) >= 11 is 0. The van der Waals surface area contributed by atoms with E-state index in [1.54, 1.807) is 0 Å². The summed E-state index contributed by atoms with van der Waals surface area (Å²) in [5.74, 6) is -2.72. The smallest absolute Gasteiger partial charge is 0.339 e. The zero-order valence-electron chi connectivity index (χ0n) is 9.69. The number of carboxylic acid groups (broad SMARTS) is 2. The first-order chi connectivity index (χ1) is 7.39. The lowest BCUT2D eigenvalue weighted by Gasteiger charge is -2.37. The molecule has 0 heterocycles. The summed E-state index contributed by atoms with van der Waals surface area (Å²) in [6, 6.07) is -1.33. The van der Waals surface area contributed by atoms with Crippen molar-refractivity contribution in [1.29, 1.82) is 0 Å². The van der Waals surface area contributed by atoms with Crippen LogP contribution in [0, 0.1) is 0 Å². The topological polar surface area (TPSA) is 135 Å². The Morgan fingerprint density at radius 1 is 1.29 bits per heavy atom. The average Bonchev–Trinajstić information content (AvgIpc) is 2.10. The number of carbonyl (C=O) groups is 2.